The lowest BCUT2D eigenvalue weighted by molar-refractivity contribution is 1.02. The van der Waals surface area contributed by atoms with E-state index in [0.717, 1.165) is 113 Å². The number of para-hydroxylation sites is 5. The summed E-state index contributed by atoms with van der Waals surface area (Å²) in [5.74, 6) is 0. The predicted octanol–water partition coefficient (Wildman–Crippen LogP) is 19.7. The molecule has 1 aliphatic rings. The maximum absolute atomic E-state index is 4.84. The van der Waals surface area contributed by atoms with Crippen molar-refractivity contribution < 1.29 is 0 Å². The summed E-state index contributed by atoms with van der Waals surface area (Å²) in [6, 6.07) is 102. The van der Waals surface area contributed by atoms with E-state index in [4.69, 9.17) is 4.98 Å². The molecule has 0 spiro atoms. The molecule has 11 aromatic carbocycles. The first-order chi connectivity index (χ1) is 39.6. The van der Waals surface area contributed by atoms with Crippen molar-refractivity contribution in [2.45, 2.75) is 0 Å². The monoisotopic (exact) mass is 1030 g/mol. The lowest BCUT2D eigenvalue weighted by Gasteiger charge is -2.32. The Labute approximate surface area is 466 Å². The number of hydrogen-bond donors (Lipinski definition) is 0. The molecule has 0 radical (unpaired) electrons. The van der Waals surface area contributed by atoms with Gasteiger partial charge in [0.05, 0.1) is 27.9 Å². The topological polar surface area (TPSA) is 34.0 Å². The second-order valence-corrected chi connectivity index (χ2v) is 20.1. The Morgan fingerprint density at radius 1 is 0.338 bits per heavy atom. The molecule has 14 rings (SSSR count). The molecule has 0 aliphatic carbocycles. The van der Waals surface area contributed by atoms with Crippen molar-refractivity contribution in [3.63, 3.8) is 0 Å². The summed E-state index contributed by atoms with van der Waals surface area (Å²) in [7, 11) is 2.17. The molecule has 382 valence electrons. The molecular formula is C73H55N7. The molecule has 1 aliphatic heterocycles. The summed E-state index contributed by atoms with van der Waals surface area (Å²) in [6.45, 7) is 0.851. The van der Waals surface area contributed by atoms with E-state index in [-0.39, 0.29) is 0 Å². The van der Waals surface area contributed by atoms with Crippen molar-refractivity contribution >= 4 is 113 Å². The van der Waals surface area contributed by atoms with E-state index < -0.39 is 0 Å². The third-order valence-corrected chi connectivity index (χ3v) is 15.3. The summed E-state index contributed by atoms with van der Waals surface area (Å²) >= 11 is 0. The minimum absolute atomic E-state index is 0.851. The van der Waals surface area contributed by atoms with Crippen molar-refractivity contribution in [2.75, 3.05) is 38.1 Å². The molecule has 13 aromatic rings. The zero-order valence-corrected chi connectivity index (χ0v) is 44.2. The SMILES string of the molecule is CN1CC=Cc2c1cccc2N(c1ccc(N(c2ccccc2)c2ccccc2)cc1)c1ccc2c(c1)c1cc(N(c3ccc(N(c4ccccc4)c4ccccc4)cc3)c3cccc4ncccc34)ccc1n2-c1ccccc1. The summed E-state index contributed by atoms with van der Waals surface area (Å²) in [6.07, 6.45) is 6.42. The molecule has 7 heteroatoms. The van der Waals surface area contributed by atoms with E-state index in [1.165, 1.54) is 11.3 Å². The Balaban J connectivity index is 0.958. The van der Waals surface area contributed by atoms with E-state index in [1.54, 1.807) is 0 Å². The first-order valence-electron chi connectivity index (χ1n) is 27.2. The number of benzene rings is 11. The van der Waals surface area contributed by atoms with Crippen LogP contribution in [-0.2, 0) is 0 Å². The van der Waals surface area contributed by atoms with E-state index in [1.807, 2.05) is 12.3 Å². The molecule has 0 atom stereocenters. The average Bonchev–Trinajstić information content (AvgIpc) is 3.94. The summed E-state index contributed by atoms with van der Waals surface area (Å²) in [5, 5.41) is 3.33. The number of hydrogen-bond acceptors (Lipinski definition) is 6. The van der Waals surface area contributed by atoms with Crippen LogP contribution in [0.25, 0.3) is 44.5 Å². The molecule has 2 aromatic heterocycles. The standard InChI is InChI=1S/C73H55N7/c1-75-50-20-32-65-69(75)34-18-36-71(65)79(61-43-39-59(40-44-61)77(55-25-11-4-12-26-55)56-27-13-5-14-28-56)63-46-48-73-67(52-63)66-51-62(45-47-72(66)80(73)57-29-15-6-16-30-57)78(70-35-17-33-68-64(70)31-19-49-74-68)60-41-37-58(38-42-60)76(53-21-7-2-8-22-53)54-23-9-3-10-24-54/h2-49,51-52H,50H2,1H3. The van der Waals surface area contributed by atoms with Gasteiger partial charge in [-0.2, -0.15) is 0 Å². The van der Waals surface area contributed by atoms with Gasteiger partial charge in [-0.3, -0.25) is 4.98 Å². The maximum atomic E-state index is 4.84. The second kappa shape index (κ2) is 20.7. The third kappa shape index (κ3) is 8.73. The van der Waals surface area contributed by atoms with Crippen LogP contribution in [0.15, 0.2) is 297 Å². The van der Waals surface area contributed by atoms with Gasteiger partial charge in [0.15, 0.2) is 0 Å². The van der Waals surface area contributed by atoms with Crippen molar-refractivity contribution in [3.8, 4) is 5.69 Å². The molecule has 0 saturated heterocycles. The first-order valence-corrected chi connectivity index (χ1v) is 27.2. The van der Waals surface area contributed by atoms with Gasteiger partial charge in [0.2, 0.25) is 0 Å². The largest absolute Gasteiger partial charge is 0.370 e. The number of likely N-dealkylation sites (N-methyl/N-ethyl adjacent to an activating group) is 1. The van der Waals surface area contributed by atoms with E-state index in [2.05, 4.69) is 327 Å². The minimum Gasteiger partial charge on any atom is -0.370 e. The quantitative estimate of drug-likeness (QED) is 0.114. The highest BCUT2D eigenvalue weighted by Crippen LogP contribution is 2.47. The van der Waals surface area contributed by atoms with Gasteiger partial charge in [0, 0.05) is 110 Å². The second-order valence-electron chi connectivity index (χ2n) is 20.1. The normalized spacial score (nSPS) is 11.9. The molecule has 3 heterocycles. The molecule has 0 bridgehead atoms. The van der Waals surface area contributed by atoms with Gasteiger partial charge < -0.3 is 29.1 Å². The van der Waals surface area contributed by atoms with Gasteiger partial charge in [0.1, 0.15) is 0 Å². The molecule has 0 N–H and O–H groups in total. The minimum atomic E-state index is 0.851. The number of pyridine rings is 1. The van der Waals surface area contributed by atoms with Crippen LogP contribution >= 0.6 is 0 Å². The average molecular weight is 1030 g/mol. The van der Waals surface area contributed by atoms with Crippen LogP contribution < -0.4 is 24.5 Å². The van der Waals surface area contributed by atoms with Gasteiger partial charge in [-0.15, -0.1) is 0 Å². The Morgan fingerprint density at radius 3 is 1.25 bits per heavy atom. The van der Waals surface area contributed by atoms with Crippen LogP contribution in [0.3, 0.4) is 0 Å². The van der Waals surface area contributed by atoms with Crippen LogP contribution in [-0.4, -0.2) is 23.1 Å². The molecule has 0 amide bonds. The first kappa shape index (κ1) is 47.8. The van der Waals surface area contributed by atoms with Crippen molar-refractivity contribution in [1.82, 2.24) is 9.55 Å². The van der Waals surface area contributed by atoms with E-state index in [9.17, 15) is 0 Å². The van der Waals surface area contributed by atoms with Crippen molar-refractivity contribution in [3.05, 3.63) is 303 Å². The Morgan fingerprint density at radius 2 is 0.750 bits per heavy atom. The zero-order valence-electron chi connectivity index (χ0n) is 44.2. The highest BCUT2D eigenvalue weighted by Gasteiger charge is 2.25. The van der Waals surface area contributed by atoms with Crippen LogP contribution in [0.1, 0.15) is 5.56 Å². The number of anilines is 13. The number of rotatable bonds is 13. The van der Waals surface area contributed by atoms with Gasteiger partial charge in [-0.1, -0.05) is 115 Å². The van der Waals surface area contributed by atoms with Crippen molar-refractivity contribution in [1.29, 1.82) is 0 Å². The van der Waals surface area contributed by atoms with Gasteiger partial charge in [-0.05, 0) is 182 Å². The van der Waals surface area contributed by atoms with Crippen molar-refractivity contribution in [2.24, 2.45) is 0 Å². The lowest BCUT2D eigenvalue weighted by atomic mass is 10.0. The summed E-state index contributed by atoms with van der Waals surface area (Å²) in [4.78, 5) is 16.6. The number of aromatic nitrogens is 2. The van der Waals surface area contributed by atoms with E-state index in [0.29, 0.717) is 0 Å². The van der Waals surface area contributed by atoms with Gasteiger partial charge in [-0.25, -0.2) is 0 Å². The fraction of sp³-hybridized carbons (Fsp3) is 0.0274. The van der Waals surface area contributed by atoms with E-state index >= 15 is 0 Å². The summed E-state index contributed by atoms with van der Waals surface area (Å²) in [5.41, 5.74) is 19.4. The van der Waals surface area contributed by atoms with Gasteiger partial charge >= 0.3 is 0 Å². The highest BCUT2D eigenvalue weighted by atomic mass is 15.2. The Hall–Kier alpha value is -10.6. The predicted molar refractivity (Wildman–Crippen MR) is 337 cm³/mol. The molecule has 0 fully saturated rings. The Bertz CT molecular complexity index is 4250. The molecule has 7 nitrogen and oxygen atoms in total. The van der Waals surface area contributed by atoms with Crippen LogP contribution in [0.4, 0.5) is 73.9 Å². The van der Waals surface area contributed by atoms with Crippen LogP contribution in [0.5, 0.6) is 0 Å². The lowest BCUT2D eigenvalue weighted by Crippen LogP contribution is -2.22. The molecule has 0 unspecified atom stereocenters. The third-order valence-electron chi connectivity index (χ3n) is 15.3. The fourth-order valence-corrected chi connectivity index (χ4v) is 11.6. The number of fused-ring (bicyclic) bond motifs is 5. The number of nitrogens with zero attached hydrogens (tertiary/aromatic N) is 7. The summed E-state index contributed by atoms with van der Waals surface area (Å²) < 4.78 is 2.41. The highest BCUT2D eigenvalue weighted by molar-refractivity contribution is 6.13. The van der Waals surface area contributed by atoms with Gasteiger partial charge in [0.25, 0.3) is 0 Å². The Kier molecular flexibility index (Phi) is 12.4. The molecule has 0 saturated carbocycles. The molecular weight excluding hydrogens is 975 g/mol. The zero-order chi connectivity index (χ0) is 53.4. The smallest absolute Gasteiger partial charge is 0.0723 e. The molecule has 80 heavy (non-hydrogen) atoms. The fourth-order valence-electron chi connectivity index (χ4n) is 11.6. The maximum Gasteiger partial charge on any atom is 0.0723 e. The van der Waals surface area contributed by atoms with Crippen LogP contribution in [0.2, 0.25) is 0 Å². The van der Waals surface area contributed by atoms with Crippen LogP contribution in [0, 0.1) is 0 Å².